The van der Waals surface area contributed by atoms with Crippen LogP contribution >= 0.6 is 0 Å². The van der Waals surface area contributed by atoms with E-state index in [9.17, 15) is 4.79 Å². The van der Waals surface area contributed by atoms with Crippen molar-refractivity contribution >= 4 is 5.78 Å². The highest BCUT2D eigenvalue weighted by atomic mass is 16.5. The van der Waals surface area contributed by atoms with E-state index in [1.165, 1.54) is 0 Å². The second-order valence-corrected chi connectivity index (χ2v) is 5.52. The third-order valence-electron chi connectivity index (χ3n) is 2.81. The molecule has 3 nitrogen and oxygen atoms in total. The number of hydrogen-bond donors (Lipinski definition) is 0. The molecule has 1 atom stereocenters. The van der Waals surface area contributed by atoms with Crippen LogP contribution in [0.2, 0.25) is 0 Å². The lowest BCUT2D eigenvalue weighted by Gasteiger charge is -2.29. The molecule has 0 bridgehead atoms. The summed E-state index contributed by atoms with van der Waals surface area (Å²) in [5, 5.41) is 0. The minimum Gasteiger partial charge on any atom is -0.494 e. The molecule has 0 aromatic heterocycles. The van der Waals surface area contributed by atoms with Gasteiger partial charge in [-0.05, 0) is 43.5 Å². The average Bonchev–Trinajstić information content (AvgIpc) is 2.35. The summed E-state index contributed by atoms with van der Waals surface area (Å²) in [5.41, 5.74) is 0.447. The van der Waals surface area contributed by atoms with E-state index in [0.29, 0.717) is 18.8 Å². The smallest absolute Gasteiger partial charge is 0.192 e. The van der Waals surface area contributed by atoms with Crippen LogP contribution in [0.5, 0.6) is 5.75 Å². The zero-order valence-electron chi connectivity index (χ0n) is 12.5. The van der Waals surface area contributed by atoms with E-state index in [2.05, 4.69) is 0 Å². The molecule has 0 N–H and O–H groups in total. The summed E-state index contributed by atoms with van der Waals surface area (Å²) >= 11 is 0. The number of ketones is 1. The summed E-state index contributed by atoms with van der Waals surface area (Å²) < 4.78 is 11.0. The van der Waals surface area contributed by atoms with E-state index in [4.69, 9.17) is 9.47 Å². The Morgan fingerprint density at radius 2 is 1.68 bits per heavy atom. The summed E-state index contributed by atoms with van der Waals surface area (Å²) in [6.07, 6.45) is -0.421. The third kappa shape index (κ3) is 4.35. The molecule has 0 spiro atoms. The van der Waals surface area contributed by atoms with Crippen molar-refractivity contribution in [3.8, 4) is 5.75 Å². The van der Waals surface area contributed by atoms with Crippen molar-refractivity contribution in [3.63, 3.8) is 0 Å². The maximum absolute atomic E-state index is 12.5. The largest absolute Gasteiger partial charge is 0.494 e. The lowest BCUT2D eigenvalue weighted by Crippen LogP contribution is -2.37. The van der Waals surface area contributed by atoms with Crippen LogP contribution in [0.1, 0.15) is 45.0 Å². The van der Waals surface area contributed by atoms with Crippen molar-refractivity contribution in [3.05, 3.63) is 29.8 Å². The maximum Gasteiger partial charge on any atom is 0.192 e. The molecule has 3 heteroatoms. The van der Waals surface area contributed by atoms with Gasteiger partial charge in [0.2, 0.25) is 0 Å². The highest BCUT2D eigenvalue weighted by Gasteiger charge is 2.32. The minimum atomic E-state index is -0.421. The van der Waals surface area contributed by atoms with Crippen LogP contribution in [0.3, 0.4) is 0 Å². The zero-order valence-corrected chi connectivity index (χ0v) is 12.5. The fourth-order valence-electron chi connectivity index (χ4n) is 1.92. The summed E-state index contributed by atoms with van der Waals surface area (Å²) in [6.45, 7) is 11.0. The lowest BCUT2D eigenvalue weighted by atomic mass is 9.84. The first-order valence-corrected chi connectivity index (χ1v) is 6.78. The normalized spacial score (nSPS) is 13.1. The maximum atomic E-state index is 12.5. The first-order valence-electron chi connectivity index (χ1n) is 6.78. The van der Waals surface area contributed by atoms with Crippen LogP contribution < -0.4 is 4.74 Å². The van der Waals surface area contributed by atoms with E-state index in [-0.39, 0.29) is 11.2 Å². The van der Waals surface area contributed by atoms with Crippen molar-refractivity contribution in [1.82, 2.24) is 0 Å². The third-order valence-corrected chi connectivity index (χ3v) is 2.81. The number of rotatable bonds is 6. The fraction of sp³-hybridized carbons (Fsp3) is 0.562. The van der Waals surface area contributed by atoms with Crippen LogP contribution in [-0.4, -0.2) is 25.1 Å². The molecule has 1 aromatic carbocycles. The number of benzene rings is 1. The van der Waals surface area contributed by atoms with Gasteiger partial charge in [0.15, 0.2) is 5.78 Å². The van der Waals surface area contributed by atoms with E-state index >= 15 is 0 Å². The quantitative estimate of drug-likeness (QED) is 0.735. The molecule has 1 unspecified atom stereocenters. The van der Waals surface area contributed by atoms with Crippen molar-refractivity contribution in [1.29, 1.82) is 0 Å². The van der Waals surface area contributed by atoms with Gasteiger partial charge in [0, 0.05) is 12.2 Å². The van der Waals surface area contributed by atoms with Gasteiger partial charge in [-0.2, -0.15) is 0 Å². The molecule has 0 saturated carbocycles. The van der Waals surface area contributed by atoms with Crippen molar-refractivity contribution in [2.45, 2.75) is 40.7 Å². The topological polar surface area (TPSA) is 35.5 Å². The van der Waals surface area contributed by atoms with E-state index in [1.54, 1.807) is 12.1 Å². The Bertz CT molecular complexity index is 401. The Morgan fingerprint density at radius 3 is 2.11 bits per heavy atom. The molecule has 106 valence electrons. The number of carbonyl (C=O) groups is 1. The second kappa shape index (κ2) is 6.71. The Morgan fingerprint density at radius 1 is 1.11 bits per heavy atom. The number of Topliss-reactive ketones (excluding diaryl/α,β-unsaturated/α-hetero) is 1. The van der Waals surface area contributed by atoms with Gasteiger partial charge >= 0.3 is 0 Å². The summed E-state index contributed by atoms with van der Waals surface area (Å²) in [6, 6.07) is 7.24. The van der Waals surface area contributed by atoms with Crippen molar-refractivity contribution in [2.24, 2.45) is 5.41 Å². The first kappa shape index (κ1) is 15.7. The molecule has 19 heavy (non-hydrogen) atoms. The number of ether oxygens (including phenoxy) is 2. The van der Waals surface area contributed by atoms with Crippen molar-refractivity contribution in [2.75, 3.05) is 13.2 Å². The van der Waals surface area contributed by atoms with Gasteiger partial charge in [0.25, 0.3) is 0 Å². The predicted molar refractivity (Wildman–Crippen MR) is 76.8 cm³/mol. The van der Waals surface area contributed by atoms with Crippen LogP contribution in [0.15, 0.2) is 24.3 Å². The molecule has 0 fully saturated rings. The monoisotopic (exact) mass is 264 g/mol. The molecule has 0 aliphatic carbocycles. The van der Waals surface area contributed by atoms with Gasteiger partial charge in [-0.3, -0.25) is 4.79 Å². The Labute approximate surface area is 115 Å². The van der Waals surface area contributed by atoms with E-state index in [1.807, 2.05) is 46.8 Å². The summed E-state index contributed by atoms with van der Waals surface area (Å²) in [7, 11) is 0. The number of carbonyl (C=O) groups excluding carboxylic acids is 1. The lowest BCUT2D eigenvalue weighted by molar-refractivity contribution is -0.000220. The first-order chi connectivity index (χ1) is 8.90. The van der Waals surface area contributed by atoms with Gasteiger partial charge in [-0.25, -0.2) is 0 Å². The molecule has 0 aliphatic heterocycles. The molecule has 0 saturated heterocycles. The SMILES string of the molecule is CCOc1ccc(C(=O)C(OCC)C(C)(C)C)cc1. The molecular weight excluding hydrogens is 240 g/mol. The van der Waals surface area contributed by atoms with E-state index < -0.39 is 6.10 Å². The van der Waals surface area contributed by atoms with Crippen molar-refractivity contribution < 1.29 is 14.3 Å². The van der Waals surface area contributed by atoms with Gasteiger partial charge in [0.05, 0.1) is 6.61 Å². The van der Waals surface area contributed by atoms with Gasteiger partial charge in [0.1, 0.15) is 11.9 Å². The Balaban J connectivity index is 2.90. The summed E-state index contributed by atoms with van der Waals surface area (Å²) in [5.74, 6) is 0.806. The molecule has 1 aromatic rings. The van der Waals surface area contributed by atoms with E-state index in [0.717, 1.165) is 5.75 Å². The average molecular weight is 264 g/mol. The predicted octanol–water partition coefficient (Wildman–Crippen LogP) is 3.72. The fourth-order valence-corrected chi connectivity index (χ4v) is 1.92. The van der Waals surface area contributed by atoms with Crippen LogP contribution in [0, 0.1) is 5.41 Å². The van der Waals surface area contributed by atoms with Crippen LogP contribution in [0.4, 0.5) is 0 Å². The highest BCUT2D eigenvalue weighted by molar-refractivity contribution is 6.00. The van der Waals surface area contributed by atoms with Gasteiger partial charge in [-0.1, -0.05) is 20.8 Å². The van der Waals surface area contributed by atoms with Gasteiger partial charge in [-0.15, -0.1) is 0 Å². The summed E-state index contributed by atoms with van der Waals surface area (Å²) in [4.78, 5) is 12.5. The standard InChI is InChI=1S/C16H24O3/c1-6-18-13-10-8-12(9-11-13)14(17)15(19-7-2)16(3,4)5/h8-11,15H,6-7H2,1-5H3. The molecule has 0 amide bonds. The molecule has 1 rings (SSSR count). The molecule has 0 heterocycles. The van der Waals surface area contributed by atoms with Crippen LogP contribution in [0.25, 0.3) is 0 Å². The Hall–Kier alpha value is -1.35. The Kier molecular flexibility index (Phi) is 5.55. The molecular formula is C16H24O3. The molecule has 0 aliphatic rings. The zero-order chi connectivity index (χ0) is 14.5. The second-order valence-electron chi connectivity index (χ2n) is 5.52. The highest BCUT2D eigenvalue weighted by Crippen LogP contribution is 2.26. The number of hydrogen-bond acceptors (Lipinski definition) is 3. The van der Waals surface area contributed by atoms with Gasteiger partial charge < -0.3 is 9.47 Å². The van der Waals surface area contributed by atoms with Crippen LogP contribution in [-0.2, 0) is 4.74 Å². The molecule has 0 radical (unpaired) electrons. The minimum absolute atomic E-state index is 0.0254.